The Morgan fingerprint density at radius 2 is 2.00 bits per heavy atom. The van der Waals surface area contributed by atoms with Gasteiger partial charge >= 0.3 is 0 Å². The standard InChI is InChI=1S/C16H24FNS/c1-3-4-5-15(13-6-8-14(17)9-7-13)18-12-16(19-2)10-11-16/h6-9,15,18H,3-5,10-12H2,1-2H3. The minimum absolute atomic E-state index is 0.152. The normalized spacial score (nSPS) is 18.3. The lowest BCUT2D eigenvalue weighted by atomic mass is 10.0. The monoisotopic (exact) mass is 281 g/mol. The summed E-state index contributed by atoms with van der Waals surface area (Å²) in [6.07, 6.45) is 8.39. The van der Waals surface area contributed by atoms with Crippen molar-refractivity contribution in [1.82, 2.24) is 5.32 Å². The van der Waals surface area contributed by atoms with Crippen LogP contribution in [0.15, 0.2) is 24.3 Å². The lowest BCUT2D eigenvalue weighted by Crippen LogP contribution is -2.30. The van der Waals surface area contributed by atoms with Gasteiger partial charge in [-0.3, -0.25) is 0 Å². The van der Waals surface area contributed by atoms with Crippen LogP contribution in [0.25, 0.3) is 0 Å². The first-order valence-electron chi connectivity index (χ1n) is 7.23. The van der Waals surface area contributed by atoms with Gasteiger partial charge in [0.1, 0.15) is 5.82 Å². The fraction of sp³-hybridized carbons (Fsp3) is 0.625. The van der Waals surface area contributed by atoms with Gasteiger partial charge in [0.05, 0.1) is 0 Å². The van der Waals surface area contributed by atoms with Gasteiger partial charge in [0.2, 0.25) is 0 Å². The molecular weight excluding hydrogens is 257 g/mol. The summed E-state index contributed by atoms with van der Waals surface area (Å²) >= 11 is 1.98. The fourth-order valence-electron chi connectivity index (χ4n) is 2.39. The molecule has 0 amide bonds. The molecule has 3 heteroatoms. The largest absolute Gasteiger partial charge is 0.309 e. The van der Waals surface area contributed by atoms with E-state index in [0.717, 1.165) is 13.0 Å². The van der Waals surface area contributed by atoms with Gasteiger partial charge in [-0.25, -0.2) is 4.39 Å². The molecule has 1 atom stereocenters. The lowest BCUT2D eigenvalue weighted by Gasteiger charge is -2.22. The van der Waals surface area contributed by atoms with Gasteiger partial charge in [0.15, 0.2) is 0 Å². The van der Waals surface area contributed by atoms with Crippen molar-refractivity contribution >= 4 is 11.8 Å². The van der Waals surface area contributed by atoms with Crippen molar-refractivity contribution < 1.29 is 4.39 Å². The summed E-state index contributed by atoms with van der Waals surface area (Å²) in [5.41, 5.74) is 1.21. The van der Waals surface area contributed by atoms with E-state index in [1.165, 1.54) is 31.2 Å². The topological polar surface area (TPSA) is 12.0 Å². The molecule has 1 aromatic rings. The second-order valence-electron chi connectivity index (χ2n) is 5.51. The number of hydrogen-bond acceptors (Lipinski definition) is 2. The minimum Gasteiger partial charge on any atom is -0.309 e. The summed E-state index contributed by atoms with van der Waals surface area (Å²) in [5, 5.41) is 3.70. The van der Waals surface area contributed by atoms with Crippen LogP contribution in [0.3, 0.4) is 0 Å². The Balaban J connectivity index is 1.96. The second-order valence-corrected chi connectivity index (χ2v) is 6.79. The predicted molar refractivity (Wildman–Crippen MR) is 82.1 cm³/mol. The van der Waals surface area contributed by atoms with Crippen LogP contribution in [-0.4, -0.2) is 17.5 Å². The van der Waals surface area contributed by atoms with Crippen molar-refractivity contribution in [2.45, 2.75) is 49.8 Å². The van der Waals surface area contributed by atoms with E-state index >= 15 is 0 Å². The van der Waals surface area contributed by atoms with Gasteiger partial charge in [-0.05, 0) is 43.2 Å². The van der Waals surface area contributed by atoms with Crippen molar-refractivity contribution in [3.05, 3.63) is 35.6 Å². The third-order valence-corrected chi connectivity index (χ3v) is 5.45. The maximum atomic E-state index is 13.0. The summed E-state index contributed by atoms with van der Waals surface area (Å²) in [6, 6.07) is 7.34. The number of nitrogens with one attached hydrogen (secondary N) is 1. The Morgan fingerprint density at radius 1 is 1.32 bits per heavy atom. The maximum absolute atomic E-state index is 13.0. The number of rotatable bonds is 8. The van der Waals surface area contributed by atoms with Crippen molar-refractivity contribution in [1.29, 1.82) is 0 Å². The second kappa shape index (κ2) is 6.76. The van der Waals surface area contributed by atoms with Crippen molar-refractivity contribution in [2.24, 2.45) is 0 Å². The molecule has 0 aliphatic heterocycles. The molecule has 1 aromatic carbocycles. The van der Waals surface area contributed by atoms with Crippen LogP contribution in [0.4, 0.5) is 4.39 Å². The van der Waals surface area contributed by atoms with Crippen LogP contribution in [0.1, 0.15) is 50.6 Å². The smallest absolute Gasteiger partial charge is 0.123 e. The maximum Gasteiger partial charge on any atom is 0.123 e. The number of hydrogen-bond donors (Lipinski definition) is 1. The zero-order chi connectivity index (χ0) is 13.7. The van der Waals surface area contributed by atoms with Gasteiger partial charge in [0, 0.05) is 17.3 Å². The third-order valence-electron chi connectivity index (χ3n) is 4.03. The summed E-state index contributed by atoms with van der Waals surface area (Å²) in [5.74, 6) is -0.152. The van der Waals surface area contributed by atoms with Crippen molar-refractivity contribution in [2.75, 3.05) is 12.8 Å². The molecule has 0 spiro atoms. The van der Waals surface area contributed by atoms with E-state index in [1.54, 1.807) is 12.1 Å². The predicted octanol–water partition coefficient (Wildman–Crippen LogP) is 4.54. The Hall–Kier alpha value is -0.540. The van der Waals surface area contributed by atoms with E-state index in [2.05, 4.69) is 18.5 Å². The summed E-state index contributed by atoms with van der Waals surface area (Å²) in [4.78, 5) is 0. The number of thioether (sulfide) groups is 1. The van der Waals surface area contributed by atoms with E-state index in [9.17, 15) is 4.39 Å². The van der Waals surface area contributed by atoms with Crippen LogP contribution < -0.4 is 5.32 Å². The zero-order valence-corrected chi connectivity index (χ0v) is 12.7. The molecule has 0 radical (unpaired) electrons. The first-order valence-corrected chi connectivity index (χ1v) is 8.45. The third kappa shape index (κ3) is 4.22. The Labute approximate surface area is 120 Å². The molecule has 1 aliphatic rings. The van der Waals surface area contributed by atoms with Gasteiger partial charge in [0.25, 0.3) is 0 Å². The van der Waals surface area contributed by atoms with Gasteiger partial charge in [-0.1, -0.05) is 31.9 Å². The Morgan fingerprint density at radius 3 is 2.53 bits per heavy atom. The molecule has 1 saturated carbocycles. The summed E-state index contributed by atoms with van der Waals surface area (Å²) in [7, 11) is 0. The quantitative estimate of drug-likeness (QED) is 0.750. The summed E-state index contributed by atoms with van der Waals surface area (Å²) in [6.45, 7) is 3.28. The van der Waals surface area contributed by atoms with Gasteiger partial charge in [-0.15, -0.1) is 0 Å². The van der Waals surface area contributed by atoms with Crippen molar-refractivity contribution in [3.63, 3.8) is 0 Å². The first kappa shape index (κ1) is 14.9. The molecule has 19 heavy (non-hydrogen) atoms. The van der Waals surface area contributed by atoms with Crippen LogP contribution in [-0.2, 0) is 0 Å². The molecular formula is C16H24FNS. The van der Waals surface area contributed by atoms with E-state index in [-0.39, 0.29) is 5.82 Å². The minimum atomic E-state index is -0.152. The van der Waals surface area contributed by atoms with Crippen LogP contribution >= 0.6 is 11.8 Å². The SMILES string of the molecule is CCCCC(NCC1(SC)CC1)c1ccc(F)cc1. The molecule has 1 unspecified atom stereocenters. The highest BCUT2D eigenvalue weighted by molar-refractivity contribution is 8.00. The van der Waals surface area contributed by atoms with Gasteiger partial charge < -0.3 is 5.32 Å². The average molecular weight is 281 g/mol. The molecule has 0 saturated heterocycles. The summed E-state index contributed by atoms with van der Waals surface area (Å²) < 4.78 is 13.5. The molecule has 1 nitrogen and oxygen atoms in total. The van der Waals surface area contributed by atoms with Crippen molar-refractivity contribution in [3.8, 4) is 0 Å². The van der Waals surface area contributed by atoms with E-state index in [4.69, 9.17) is 0 Å². The van der Waals surface area contributed by atoms with E-state index in [0.29, 0.717) is 10.8 Å². The molecule has 1 N–H and O–H groups in total. The van der Waals surface area contributed by atoms with E-state index in [1.807, 2.05) is 23.9 Å². The molecule has 1 aliphatic carbocycles. The molecule has 2 rings (SSSR count). The zero-order valence-electron chi connectivity index (χ0n) is 11.9. The molecule has 106 valence electrons. The molecule has 0 aromatic heterocycles. The van der Waals surface area contributed by atoms with Gasteiger partial charge in [-0.2, -0.15) is 11.8 Å². The molecule has 1 fully saturated rings. The van der Waals surface area contributed by atoms with Crippen LogP contribution in [0.2, 0.25) is 0 Å². The van der Waals surface area contributed by atoms with Crippen LogP contribution in [0.5, 0.6) is 0 Å². The number of benzene rings is 1. The highest BCUT2D eigenvalue weighted by Gasteiger charge is 2.41. The molecule has 0 heterocycles. The molecule has 0 bridgehead atoms. The average Bonchev–Trinajstić information content (AvgIpc) is 3.21. The van der Waals surface area contributed by atoms with Crippen LogP contribution in [0, 0.1) is 5.82 Å². The Kier molecular flexibility index (Phi) is 5.28. The highest BCUT2D eigenvalue weighted by Crippen LogP contribution is 2.46. The first-order chi connectivity index (χ1) is 9.19. The highest BCUT2D eigenvalue weighted by atomic mass is 32.2. The fourth-order valence-corrected chi connectivity index (χ4v) is 3.13. The van der Waals surface area contributed by atoms with E-state index < -0.39 is 0 Å². The number of unbranched alkanes of at least 4 members (excludes halogenated alkanes) is 1. The Bertz CT molecular complexity index is 386. The lowest BCUT2D eigenvalue weighted by molar-refractivity contribution is 0.477. The number of halogens is 1.